The minimum atomic E-state index is -1.83. The fraction of sp³-hybridized carbons (Fsp3) is 0. The van der Waals surface area contributed by atoms with Crippen LogP contribution in [0.25, 0.3) is 0 Å². The molecule has 0 aliphatic rings. The molecule has 14 heteroatoms. The van der Waals surface area contributed by atoms with Crippen molar-refractivity contribution < 1.29 is 123 Å². The van der Waals surface area contributed by atoms with Crippen LogP contribution in [-0.4, -0.2) is 71.1 Å². The first kappa shape index (κ1) is 265. The minimum absolute atomic E-state index is 0. The molecule has 0 fully saturated rings. The fourth-order valence-corrected chi connectivity index (χ4v) is 0. The van der Waals surface area contributed by atoms with Crippen molar-refractivity contribution in [1.29, 1.82) is 0 Å². The molecule has 0 amide bonds. The molecule has 0 aromatic heterocycles. The topological polar surface area (TPSA) is 373 Å². The van der Waals surface area contributed by atoms with E-state index in [1.807, 2.05) is 0 Å². The minimum Gasteiger partial charge on any atom is -1.00 e. The predicted octanol–water partition coefficient (Wildman–Crippen LogP) is -10.9. The Morgan fingerprint density at radius 1 is 0.600 bits per heavy atom. The molecule has 0 bridgehead atoms. The Morgan fingerprint density at radius 3 is 0.600 bits per heavy atom. The van der Waals surface area contributed by atoms with Crippen molar-refractivity contribution in [2.24, 2.45) is 0 Å². The van der Waals surface area contributed by atoms with Crippen molar-refractivity contribution in [3.63, 3.8) is 0 Å². The van der Waals surface area contributed by atoms with Crippen molar-refractivity contribution in [2.45, 2.75) is 0 Å². The van der Waals surface area contributed by atoms with Crippen molar-refractivity contribution in [3.8, 4) is 0 Å². The van der Waals surface area contributed by atoms with Gasteiger partial charge in [-0.15, -0.1) is 0 Å². The zero-order valence-electron chi connectivity index (χ0n) is 8.80. The van der Waals surface area contributed by atoms with Gasteiger partial charge in [0.05, 0.1) is 0 Å². The first-order valence-corrected chi connectivity index (χ1v) is 0.651. The standard InChI is InChI=1S/CH2O3.K.10H2O.H/c2-1(3)4;;;;;;;;;;;;/h(H2,2,3,4);;10*1H2;/q;+1;;;;;;;;;;;-1. The fourth-order valence-electron chi connectivity index (χ4n) is 0. The molecule has 0 aromatic rings. The predicted molar refractivity (Wildman–Crippen MR) is 47.9 cm³/mol. The van der Waals surface area contributed by atoms with Crippen LogP contribution in [0.4, 0.5) is 4.79 Å². The molecule has 0 saturated carbocycles. The molecule has 0 aromatic carbocycles. The molecule has 0 atom stereocenters. The smallest absolute Gasteiger partial charge is 1.00 e. The molecule has 0 unspecified atom stereocenters. The molecule has 0 aliphatic carbocycles. The van der Waals surface area contributed by atoms with Gasteiger partial charge in [0, 0.05) is 0 Å². The summed E-state index contributed by atoms with van der Waals surface area (Å²) in [6.07, 6.45) is -1.83. The van der Waals surface area contributed by atoms with E-state index in [9.17, 15) is 0 Å². The number of rotatable bonds is 0. The van der Waals surface area contributed by atoms with Crippen molar-refractivity contribution in [3.05, 3.63) is 0 Å². The van der Waals surface area contributed by atoms with E-state index in [-0.39, 0.29) is 108 Å². The third-order valence-electron chi connectivity index (χ3n) is 0. The zero-order valence-corrected chi connectivity index (χ0v) is 10.9. The van der Waals surface area contributed by atoms with Crippen LogP contribution in [0.1, 0.15) is 1.43 Å². The molecule has 0 radical (unpaired) electrons. The van der Waals surface area contributed by atoms with Crippen LogP contribution in [0.2, 0.25) is 0 Å². The molecule has 0 heterocycles. The van der Waals surface area contributed by atoms with E-state index in [0.29, 0.717) is 0 Å². The Balaban J connectivity index is -0.000000000682. The van der Waals surface area contributed by atoms with Gasteiger partial charge in [-0.25, -0.2) is 4.79 Å². The molecule has 0 saturated heterocycles. The van der Waals surface area contributed by atoms with Crippen LogP contribution in [0, 0.1) is 0 Å². The zero-order chi connectivity index (χ0) is 3.58. The van der Waals surface area contributed by atoms with E-state index in [4.69, 9.17) is 15.0 Å². The summed E-state index contributed by atoms with van der Waals surface area (Å²) in [5, 5.41) is 13.9. The van der Waals surface area contributed by atoms with Gasteiger partial charge in [0.25, 0.3) is 0 Å². The van der Waals surface area contributed by atoms with Gasteiger partial charge in [-0.2, -0.15) is 0 Å². The summed E-state index contributed by atoms with van der Waals surface area (Å²) in [5.41, 5.74) is 0. The Kier molecular flexibility index (Phi) is 3810. The van der Waals surface area contributed by atoms with E-state index in [1.165, 1.54) is 0 Å². The molecule has 22 N–H and O–H groups in total. The SMILES string of the molecule is O.O.O.O.O.O.O.O.O.O.O=C(O)O.[H-].[K+]. The Hall–Kier alpha value is 0.506. The average Bonchev–Trinajstić information content (AvgIpc) is 0.811. The Morgan fingerprint density at radius 2 is 0.600 bits per heavy atom. The molecule has 0 spiro atoms. The van der Waals surface area contributed by atoms with E-state index in [2.05, 4.69) is 0 Å². The first-order valence-electron chi connectivity index (χ1n) is 0.651. The van der Waals surface area contributed by atoms with Gasteiger partial charge >= 0.3 is 57.5 Å². The summed E-state index contributed by atoms with van der Waals surface area (Å²) in [4.78, 5) is 8.56. The molecule has 0 rings (SSSR count). The number of carbonyl (C=O) groups is 1. The summed E-state index contributed by atoms with van der Waals surface area (Å²) in [6.45, 7) is 0. The van der Waals surface area contributed by atoms with Crippen LogP contribution in [0.5, 0.6) is 0 Å². The van der Waals surface area contributed by atoms with Gasteiger partial charge < -0.3 is 66.4 Å². The van der Waals surface area contributed by atoms with Crippen LogP contribution >= 0.6 is 0 Å². The van der Waals surface area contributed by atoms with Crippen molar-refractivity contribution >= 4 is 6.16 Å². The Bertz CT molecular complexity index is 38.9. The van der Waals surface area contributed by atoms with E-state index in [1.54, 1.807) is 0 Å². The molecule has 15 heavy (non-hydrogen) atoms. The quantitative estimate of drug-likeness (QED) is 0.408. The average molecular weight is 282 g/mol. The summed E-state index contributed by atoms with van der Waals surface area (Å²) >= 11 is 0. The summed E-state index contributed by atoms with van der Waals surface area (Å²) in [5.74, 6) is 0. The third-order valence-corrected chi connectivity index (χ3v) is 0. The third kappa shape index (κ3) is 8850. The maximum atomic E-state index is 8.56. The van der Waals surface area contributed by atoms with Crippen LogP contribution < -0.4 is 51.4 Å². The second-order valence-corrected chi connectivity index (χ2v) is 0.283. The van der Waals surface area contributed by atoms with Gasteiger partial charge in [-0.05, 0) is 0 Å². The first-order chi connectivity index (χ1) is 1.73. The second kappa shape index (κ2) is 215. The van der Waals surface area contributed by atoms with Gasteiger partial charge in [0.15, 0.2) is 0 Å². The van der Waals surface area contributed by atoms with Crippen LogP contribution in [0.3, 0.4) is 0 Å². The Labute approximate surface area is 128 Å². The molecular weight excluding hydrogens is 259 g/mol. The van der Waals surface area contributed by atoms with Gasteiger partial charge in [0.2, 0.25) is 0 Å². The van der Waals surface area contributed by atoms with E-state index < -0.39 is 6.16 Å². The van der Waals surface area contributed by atoms with Gasteiger partial charge in [-0.3, -0.25) is 0 Å². The number of hydrogen-bond donors (Lipinski definition) is 2. The van der Waals surface area contributed by atoms with Crippen LogP contribution in [0.15, 0.2) is 0 Å². The molecule has 0 aliphatic heterocycles. The number of hydrogen-bond acceptors (Lipinski definition) is 1. The molecule has 106 valence electrons. The summed E-state index contributed by atoms with van der Waals surface area (Å²) < 4.78 is 0. The van der Waals surface area contributed by atoms with Crippen molar-refractivity contribution in [1.82, 2.24) is 0 Å². The molecule has 13 nitrogen and oxygen atoms in total. The normalized spacial score (nSPS) is 1.60. The van der Waals surface area contributed by atoms with Gasteiger partial charge in [-0.1, -0.05) is 0 Å². The maximum absolute atomic E-state index is 8.56. The summed E-state index contributed by atoms with van der Waals surface area (Å²) in [7, 11) is 0. The molecular formula is CH23KO13. The van der Waals surface area contributed by atoms with Crippen LogP contribution in [-0.2, 0) is 0 Å². The van der Waals surface area contributed by atoms with Crippen molar-refractivity contribution in [2.75, 3.05) is 0 Å². The van der Waals surface area contributed by atoms with E-state index in [0.717, 1.165) is 0 Å². The summed E-state index contributed by atoms with van der Waals surface area (Å²) in [6, 6.07) is 0. The monoisotopic (exact) mass is 282 g/mol. The largest absolute Gasteiger partial charge is 1.00 e. The number of carboxylic acid groups (broad SMARTS) is 2. The van der Waals surface area contributed by atoms with Gasteiger partial charge in [0.1, 0.15) is 0 Å². The van der Waals surface area contributed by atoms with E-state index >= 15 is 0 Å². The maximum Gasteiger partial charge on any atom is 1.00 e. The second-order valence-electron chi connectivity index (χ2n) is 0.283.